The minimum Gasteiger partial charge on any atom is -0.418 e. The van der Waals surface area contributed by atoms with Crippen LogP contribution in [0.15, 0.2) is 60.7 Å². The summed E-state index contributed by atoms with van der Waals surface area (Å²) in [5, 5.41) is 3.02. The molecule has 342 valence electrons. The fraction of sp³-hybridized carbons (Fsp3) is 0.423. The number of hydrogen-bond acceptors (Lipinski definition) is 0. The van der Waals surface area contributed by atoms with Crippen molar-refractivity contribution in [2.24, 2.45) is 0 Å². The Morgan fingerprint density at radius 2 is 0.774 bits per heavy atom. The van der Waals surface area contributed by atoms with Crippen LogP contribution in [0.4, 0.5) is 17.3 Å². The number of benzene rings is 2. The molecular weight excluding hydrogens is 1030 g/mol. The van der Waals surface area contributed by atoms with Crippen molar-refractivity contribution in [2.75, 3.05) is 0 Å². The minimum atomic E-state index is -6.00. The molecule has 8 rings (SSSR count). The van der Waals surface area contributed by atoms with Crippen LogP contribution in [0.3, 0.4) is 0 Å². The van der Waals surface area contributed by atoms with Gasteiger partial charge in [-0.15, -0.1) is 0 Å². The second kappa shape index (κ2) is 37.8. The maximum absolute atomic E-state index is 9.75. The third kappa shape index (κ3) is 25.8. The van der Waals surface area contributed by atoms with E-state index in [-0.39, 0.29) is 63.9 Å². The van der Waals surface area contributed by atoms with Crippen molar-refractivity contribution in [3.05, 3.63) is 175 Å². The van der Waals surface area contributed by atoms with Crippen LogP contribution in [0.2, 0.25) is 0 Å². The van der Waals surface area contributed by atoms with Crippen LogP contribution in [0.25, 0.3) is 0 Å². The molecule has 20 radical (unpaired) electrons. The van der Waals surface area contributed by atoms with Crippen molar-refractivity contribution >= 4 is 33.7 Å². The van der Waals surface area contributed by atoms with E-state index in [0.717, 1.165) is 11.3 Å². The van der Waals surface area contributed by atoms with Crippen molar-refractivity contribution in [3.63, 3.8) is 0 Å². The molecule has 2 aromatic carbocycles. The van der Waals surface area contributed by atoms with Gasteiger partial charge in [-0.05, 0) is 221 Å². The average Bonchev–Trinajstić information content (AvgIpc) is 3.96. The molecule has 0 bridgehead atoms. The molecule has 6 saturated carbocycles. The Balaban J connectivity index is 0.000000536. The molecule has 1 atom stereocenters. The zero-order valence-electron chi connectivity index (χ0n) is 36.5. The van der Waals surface area contributed by atoms with Crippen LogP contribution in [0.1, 0.15) is 122 Å². The molecule has 2 aromatic rings. The molecule has 6 aliphatic carbocycles. The summed E-state index contributed by atoms with van der Waals surface area (Å²) in [5.41, 5.74) is 4.26. The molecule has 0 N–H and O–H groups in total. The molecule has 0 heterocycles. The quantitative estimate of drug-likeness (QED) is 0.147. The normalized spacial score (nSPS) is 21.3. The van der Waals surface area contributed by atoms with Gasteiger partial charge in [-0.25, -0.2) is 0 Å². The van der Waals surface area contributed by atoms with Gasteiger partial charge in [0.15, 0.2) is 0 Å². The monoisotopic (exact) mass is 1100 g/mol. The van der Waals surface area contributed by atoms with Gasteiger partial charge in [0.05, 0.1) is 0 Å². The van der Waals surface area contributed by atoms with Gasteiger partial charge in [-0.3, -0.25) is 0 Å². The third-order valence-electron chi connectivity index (χ3n) is 11.2. The average molecular weight is 1100 g/mol. The second-order valence-electron chi connectivity index (χ2n) is 15.7. The molecule has 62 heavy (non-hydrogen) atoms. The molecule has 0 unspecified atom stereocenters. The fourth-order valence-electron chi connectivity index (χ4n) is 8.37. The van der Waals surface area contributed by atoms with E-state index in [1.165, 1.54) is 126 Å². The summed E-state index contributed by atoms with van der Waals surface area (Å²) in [6.07, 6.45) is 60.1. The van der Waals surface area contributed by atoms with E-state index in [9.17, 15) is 17.3 Å². The maximum Gasteiger partial charge on any atom is 2.00 e. The van der Waals surface area contributed by atoms with Crippen LogP contribution >= 0.6 is 15.8 Å². The summed E-state index contributed by atoms with van der Waals surface area (Å²) in [6, 6.07) is 22.7. The third-order valence-corrected chi connectivity index (χ3v) is 17.5. The Labute approximate surface area is 418 Å². The van der Waals surface area contributed by atoms with Gasteiger partial charge in [-0.2, -0.15) is 0 Å². The molecule has 6 fully saturated rings. The molecule has 0 aromatic heterocycles. The first kappa shape index (κ1) is 60.9. The van der Waals surface area contributed by atoms with Crippen LogP contribution in [-0.4, -0.2) is 24.2 Å². The fourth-order valence-corrected chi connectivity index (χ4v) is 15.2. The summed E-state index contributed by atoms with van der Waals surface area (Å²) in [7, 11) is -6.49. The predicted molar refractivity (Wildman–Crippen MR) is 252 cm³/mol. The topological polar surface area (TPSA) is 0 Å². The summed E-state index contributed by atoms with van der Waals surface area (Å²) in [5.74, 6) is 1.68. The van der Waals surface area contributed by atoms with Gasteiger partial charge < -0.3 is 17.3 Å². The molecule has 0 aliphatic heterocycles. The number of hydrogen-bond donors (Lipinski definition) is 0. The van der Waals surface area contributed by atoms with Crippen molar-refractivity contribution < 1.29 is 73.3 Å². The van der Waals surface area contributed by atoms with Gasteiger partial charge in [0.25, 0.3) is 0 Å². The number of rotatable bonds is 7. The van der Waals surface area contributed by atoms with Crippen LogP contribution in [0, 0.1) is 114 Å². The van der Waals surface area contributed by atoms with Crippen molar-refractivity contribution in [2.45, 2.75) is 139 Å². The largest absolute Gasteiger partial charge is 2.00 e. The predicted octanol–water partition coefficient (Wildman–Crippen LogP) is 15.5. The number of halogens is 4. The van der Waals surface area contributed by atoms with Crippen LogP contribution in [-0.2, 0) is 56.0 Å². The van der Waals surface area contributed by atoms with Crippen molar-refractivity contribution in [1.29, 1.82) is 0 Å². The van der Waals surface area contributed by atoms with Gasteiger partial charge in [0.1, 0.15) is 0 Å². The smallest absolute Gasteiger partial charge is 0.418 e. The Bertz CT molecular complexity index is 1150. The van der Waals surface area contributed by atoms with E-state index < -0.39 is 15.2 Å². The van der Waals surface area contributed by atoms with E-state index in [4.69, 9.17) is 0 Å². The van der Waals surface area contributed by atoms with Crippen molar-refractivity contribution in [3.8, 4) is 0 Å². The summed E-state index contributed by atoms with van der Waals surface area (Å²) in [6.45, 7) is 2.53. The maximum atomic E-state index is 9.75. The van der Waals surface area contributed by atoms with Crippen molar-refractivity contribution in [1.82, 2.24) is 0 Å². The first-order valence-corrected chi connectivity index (χ1v) is 25.3. The summed E-state index contributed by atoms with van der Waals surface area (Å²) >= 11 is 0. The minimum absolute atomic E-state index is 0. The van der Waals surface area contributed by atoms with E-state index in [0.29, 0.717) is 5.66 Å². The molecule has 0 amide bonds. The first-order chi connectivity index (χ1) is 28.8. The van der Waals surface area contributed by atoms with E-state index in [1.54, 1.807) is 11.6 Å². The molecule has 6 aliphatic rings. The van der Waals surface area contributed by atoms with Gasteiger partial charge in [0.2, 0.25) is 0 Å². The Kier molecular flexibility index (Phi) is 37.1. The van der Waals surface area contributed by atoms with Gasteiger partial charge >= 0.3 is 24.3 Å². The summed E-state index contributed by atoms with van der Waals surface area (Å²) < 4.78 is 39.0. The first-order valence-electron chi connectivity index (χ1n) is 22.4. The zero-order valence-corrected chi connectivity index (χ0v) is 42.6. The summed E-state index contributed by atoms with van der Waals surface area (Å²) in [4.78, 5) is 0. The van der Waals surface area contributed by atoms with E-state index >= 15 is 0 Å². The SMILES string of the molecule is C[C@H]([C]1[CH][CH][CH][C]1P(C1CCCCC1)C1CCCCC1)P(c1ccccc1)c1ccccc1.F[B-](F)(F)F.[CH]1[CH]CC[CH][CH]CC1.[CH]1[CH]CC[CH][CH]CC1.[CH]1[CH][CH][CH][CH]1.[Fe+2].[Rh].[Rh]. The molecular formula is C52H68BF4FeP2Rh2+. The van der Waals surface area contributed by atoms with Crippen LogP contribution < -0.4 is 10.6 Å². The van der Waals surface area contributed by atoms with E-state index in [1.807, 2.05) is 32.1 Å². The van der Waals surface area contributed by atoms with Gasteiger partial charge in [0, 0.05) is 44.6 Å². The van der Waals surface area contributed by atoms with Gasteiger partial charge in [-0.1, -0.05) is 114 Å². The molecule has 0 spiro atoms. The standard InChI is InChI=1S/C31H39P2.2C8H12.C5H5.BF4.Fe.2Rh/c1-25(32(26-15-6-2-7-16-26)27-17-8-3-9-18-27)30-23-14-24-31(30)33(28-19-10-4-11-20-28)29-21-12-5-13-22-29;2*1-2-4-6-8-7-5-3-1;1-2-4-5-3-1;2-1(3,4)5;;;/h2-3,6-9,14-18,23-25,28-29H,4-5,10-13,19-22H2,1H3;2*1-2,7-8H,3-6H2;1-5H;;;;/q;;;;-1;+2;;/t25-;;;;;;;/m1......./s1. The second-order valence-corrected chi connectivity index (χ2v) is 21.0. The molecule has 0 saturated heterocycles. The van der Waals surface area contributed by atoms with Crippen LogP contribution in [0.5, 0.6) is 0 Å². The molecule has 0 nitrogen and oxygen atoms in total. The molecule has 10 heteroatoms. The zero-order chi connectivity index (χ0) is 41.8. The van der Waals surface area contributed by atoms with E-state index in [2.05, 4.69) is 138 Å². The Morgan fingerprint density at radius 3 is 1.08 bits per heavy atom. The Hall–Kier alpha value is 0.851. The Morgan fingerprint density at radius 1 is 0.468 bits per heavy atom.